The average Bonchev–Trinajstić information content (AvgIpc) is 1.80. The van der Waals surface area contributed by atoms with Crippen LogP contribution in [-0.4, -0.2) is 10.4 Å². The Labute approximate surface area is 60.5 Å². The van der Waals surface area contributed by atoms with E-state index in [-0.39, 0.29) is 5.25 Å². The van der Waals surface area contributed by atoms with Gasteiger partial charge >= 0.3 is 0 Å². The molecule has 1 atom stereocenters. The van der Waals surface area contributed by atoms with E-state index in [0.29, 0.717) is 5.76 Å². The maximum absolute atomic E-state index is 9.09. The molecule has 1 N–H and O–H groups in total. The van der Waals surface area contributed by atoms with Crippen molar-refractivity contribution in [3.63, 3.8) is 0 Å². The summed E-state index contributed by atoms with van der Waals surface area (Å²) in [6.45, 7) is 1.97. The lowest BCUT2D eigenvalue weighted by atomic mass is 10.1. The lowest BCUT2D eigenvalue weighted by molar-refractivity contribution is 0.391. The predicted molar refractivity (Wildman–Crippen MR) is 41.9 cm³/mol. The number of hydrogen-bond donors (Lipinski definition) is 2. The van der Waals surface area contributed by atoms with E-state index in [1.54, 1.807) is 6.08 Å². The summed E-state index contributed by atoms with van der Waals surface area (Å²) in [6.07, 6.45) is 4.66. The highest BCUT2D eigenvalue weighted by molar-refractivity contribution is 7.81. The van der Waals surface area contributed by atoms with Gasteiger partial charge in [0.1, 0.15) is 5.76 Å². The fourth-order valence-corrected chi connectivity index (χ4v) is 0.987. The van der Waals surface area contributed by atoms with Crippen LogP contribution < -0.4 is 0 Å². The molecule has 0 heterocycles. The average molecular weight is 142 g/mol. The maximum Gasteiger partial charge on any atom is 0.105 e. The van der Waals surface area contributed by atoms with Crippen molar-refractivity contribution >= 4 is 12.6 Å². The fourth-order valence-electron chi connectivity index (χ4n) is 0.807. The molecule has 0 amide bonds. The van der Waals surface area contributed by atoms with Gasteiger partial charge in [-0.15, -0.1) is 0 Å². The quantitative estimate of drug-likeness (QED) is 0.496. The van der Waals surface area contributed by atoms with Crippen LogP contribution in [0.15, 0.2) is 23.5 Å². The van der Waals surface area contributed by atoms with Crippen LogP contribution in [0.25, 0.3) is 0 Å². The Morgan fingerprint density at radius 1 is 1.78 bits per heavy atom. The molecular formula is C7H10OS. The van der Waals surface area contributed by atoms with Crippen LogP contribution in [0, 0.1) is 0 Å². The van der Waals surface area contributed by atoms with Gasteiger partial charge in [-0.3, -0.25) is 0 Å². The normalized spacial score (nSPS) is 27.1. The summed E-state index contributed by atoms with van der Waals surface area (Å²) in [7, 11) is 0. The van der Waals surface area contributed by atoms with Gasteiger partial charge in [0.15, 0.2) is 0 Å². The van der Waals surface area contributed by atoms with Crippen LogP contribution in [0.3, 0.4) is 0 Å². The minimum atomic E-state index is 0.0219. The van der Waals surface area contributed by atoms with Gasteiger partial charge in [0.05, 0.1) is 5.25 Å². The largest absolute Gasteiger partial charge is 0.511 e. The van der Waals surface area contributed by atoms with E-state index in [1.165, 1.54) is 0 Å². The number of aliphatic hydroxyl groups is 1. The molecule has 0 bridgehead atoms. The molecule has 0 saturated heterocycles. The smallest absolute Gasteiger partial charge is 0.105 e. The molecular weight excluding hydrogens is 132 g/mol. The fraction of sp³-hybridized carbons (Fsp3) is 0.429. The van der Waals surface area contributed by atoms with Gasteiger partial charge in [-0.25, -0.2) is 0 Å². The van der Waals surface area contributed by atoms with Gasteiger partial charge in [0, 0.05) is 0 Å². The Hall–Kier alpha value is -0.370. The topological polar surface area (TPSA) is 20.2 Å². The molecule has 1 unspecified atom stereocenters. The first kappa shape index (κ1) is 6.75. The molecule has 0 radical (unpaired) electrons. The molecule has 0 aromatic heterocycles. The van der Waals surface area contributed by atoms with E-state index in [4.69, 9.17) is 5.11 Å². The Kier molecular flexibility index (Phi) is 1.86. The molecule has 0 spiro atoms. The molecule has 2 heteroatoms. The third-order valence-corrected chi connectivity index (χ3v) is 1.86. The lowest BCUT2D eigenvalue weighted by Gasteiger charge is -2.11. The summed E-state index contributed by atoms with van der Waals surface area (Å²) in [4.78, 5) is 0. The van der Waals surface area contributed by atoms with Gasteiger partial charge in [-0.05, 0) is 19.4 Å². The van der Waals surface area contributed by atoms with Crippen molar-refractivity contribution in [3.8, 4) is 0 Å². The first-order chi connectivity index (χ1) is 4.20. The number of aliphatic hydroxyl groups excluding tert-OH is 1. The van der Waals surface area contributed by atoms with Crippen molar-refractivity contribution in [3.05, 3.63) is 23.5 Å². The van der Waals surface area contributed by atoms with Gasteiger partial charge < -0.3 is 5.11 Å². The maximum atomic E-state index is 9.09. The molecule has 0 aromatic rings. The van der Waals surface area contributed by atoms with Crippen molar-refractivity contribution in [2.75, 3.05) is 0 Å². The number of rotatable bonds is 0. The molecule has 1 nitrogen and oxygen atoms in total. The highest BCUT2D eigenvalue weighted by Crippen LogP contribution is 2.19. The van der Waals surface area contributed by atoms with Crippen molar-refractivity contribution in [1.82, 2.24) is 0 Å². The zero-order valence-electron chi connectivity index (χ0n) is 5.33. The van der Waals surface area contributed by atoms with Crippen molar-refractivity contribution in [1.29, 1.82) is 0 Å². The number of hydrogen-bond acceptors (Lipinski definition) is 2. The number of allylic oxidation sites excluding steroid dienone is 3. The van der Waals surface area contributed by atoms with Crippen LogP contribution in [0.4, 0.5) is 0 Å². The van der Waals surface area contributed by atoms with Crippen molar-refractivity contribution in [2.24, 2.45) is 0 Å². The first-order valence-electron chi connectivity index (χ1n) is 2.95. The van der Waals surface area contributed by atoms with Gasteiger partial charge in [0.25, 0.3) is 0 Å². The Morgan fingerprint density at radius 3 is 2.89 bits per heavy atom. The first-order valence-corrected chi connectivity index (χ1v) is 3.47. The van der Waals surface area contributed by atoms with Crippen LogP contribution in [0.1, 0.15) is 13.3 Å². The second-order valence-corrected chi connectivity index (χ2v) is 2.89. The third-order valence-electron chi connectivity index (χ3n) is 1.38. The Morgan fingerprint density at radius 2 is 2.44 bits per heavy atom. The monoisotopic (exact) mass is 142 g/mol. The van der Waals surface area contributed by atoms with Crippen LogP contribution in [0.5, 0.6) is 0 Å². The van der Waals surface area contributed by atoms with E-state index in [0.717, 1.165) is 12.0 Å². The summed E-state index contributed by atoms with van der Waals surface area (Å²) >= 11 is 4.13. The van der Waals surface area contributed by atoms with E-state index < -0.39 is 0 Å². The summed E-state index contributed by atoms with van der Waals surface area (Å²) in [5.74, 6) is 0.387. The van der Waals surface area contributed by atoms with E-state index in [9.17, 15) is 0 Å². The van der Waals surface area contributed by atoms with E-state index >= 15 is 0 Å². The zero-order chi connectivity index (χ0) is 6.85. The standard InChI is InChI=1S/C7H10OS/c1-5-2-3-7(9)6(8)4-5/h2,4,7-9H,3H2,1H3. The summed E-state index contributed by atoms with van der Waals surface area (Å²) in [6, 6.07) is 0. The van der Waals surface area contributed by atoms with Gasteiger partial charge in [0.2, 0.25) is 0 Å². The Bertz CT molecular complexity index is 170. The molecule has 9 heavy (non-hydrogen) atoms. The molecule has 0 saturated carbocycles. The summed E-state index contributed by atoms with van der Waals surface area (Å²) < 4.78 is 0. The SMILES string of the molecule is CC1=CCC(S)C(O)=C1. The summed E-state index contributed by atoms with van der Waals surface area (Å²) in [5, 5.41) is 9.11. The zero-order valence-corrected chi connectivity index (χ0v) is 6.23. The third kappa shape index (κ3) is 1.52. The second kappa shape index (κ2) is 2.48. The van der Waals surface area contributed by atoms with E-state index in [1.807, 2.05) is 6.92 Å². The van der Waals surface area contributed by atoms with Gasteiger partial charge in [-0.2, -0.15) is 12.6 Å². The highest BCUT2D eigenvalue weighted by Gasteiger charge is 2.09. The Balaban J connectivity index is 2.74. The summed E-state index contributed by atoms with van der Waals surface area (Å²) in [5.41, 5.74) is 1.12. The highest BCUT2D eigenvalue weighted by atomic mass is 32.1. The van der Waals surface area contributed by atoms with Crippen molar-refractivity contribution < 1.29 is 5.11 Å². The molecule has 1 aliphatic carbocycles. The second-order valence-electron chi connectivity index (χ2n) is 2.27. The molecule has 1 rings (SSSR count). The predicted octanol–water partition coefficient (Wildman–Crippen LogP) is 2.08. The van der Waals surface area contributed by atoms with E-state index in [2.05, 4.69) is 18.7 Å². The van der Waals surface area contributed by atoms with Crippen LogP contribution >= 0.6 is 12.6 Å². The minimum absolute atomic E-state index is 0.0219. The van der Waals surface area contributed by atoms with Crippen molar-refractivity contribution in [2.45, 2.75) is 18.6 Å². The van der Waals surface area contributed by atoms with Crippen LogP contribution in [0.2, 0.25) is 0 Å². The molecule has 0 aliphatic heterocycles. The lowest BCUT2D eigenvalue weighted by Crippen LogP contribution is -2.05. The minimum Gasteiger partial charge on any atom is -0.511 e. The molecule has 50 valence electrons. The van der Waals surface area contributed by atoms with Gasteiger partial charge in [-0.1, -0.05) is 11.6 Å². The number of thiol groups is 1. The van der Waals surface area contributed by atoms with Crippen LogP contribution in [-0.2, 0) is 0 Å². The molecule has 1 aliphatic rings. The molecule has 0 fully saturated rings. The molecule has 0 aromatic carbocycles.